The van der Waals surface area contributed by atoms with E-state index in [0.29, 0.717) is 5.56 Å². The topological polar surface area (TPSA) is 101 Å². The van der Waals surface area contributed by atoms with E-state index in [0.717, 1.165) is 12.5 Å². The molecule has 1 rings (SSSR count). The Balaban J connectivity index is 3.55. The molecule has 0 radical (unpaired) electrons. The van der Waals surface area contributed by atoms with E-state index >= 15 is 0 Å². The van der Waals surface area contributed by atoms with Gasteiger partial charge in [-0.25, -0.2) is 22.3 Å². The van der Waals surface area contributed by atoms with Crippen molar-refractivity contribution < 1.29 is 22.0 Å². The molecule has 0 aliphatic carbocycles. The lowest BCUT2D eigenvalue weighted by atomic mass is 10.2. The van der Waals surface area contributed by atoms with Gasteiger partial charge < -0.3 is 5.21 Å². The van der Waals surface area contributed by atoms with Gasteiger partial charge in [-0.3, -0.25) is 0 Å². The van der Waals surface area contributed by atoms with E-state index < -0.39 is 19.7 Å². The summed E-state index contributed by atoms with van der Waals surface area (Å²) < 4.78 is 45.9. The van der Waals surface area contributed by atoms with E-state index in [-0.39, 0.29) is 16.3 Å². The summed E-state index contributed by atoms with van der Waals surface area (Å²) in [6, 6.07) is 3.89. The summed E-state index contributed by atoms with van der Waals surface area (Å²) in [4.78, 5) is -0.491. The Morgan fingerprint density at radius 2 is 1.59 bits per heavy atom. The number of rotatable bonds is 4. The van der Waals surface area contributed by atoms with E-state index in [1.54, 1.807) is 0 Å². The Morgan fingerprint density at radius 3 is 2.00 bits per heavy atom. The molecule has 0 unspecified atom stereocenters. The van der Waals surface area contributed by atoms with Crippen LogP contribution in [0.3, 0.4) is 0 Å². The number of hydroxylamine groups is 1. The van der Waals surface area contributed by atoms with Crippen LogP contribution in [0.1, 0.15) is 5.56 Å². The first kappa shape index (κ1) is 14.1. The normalized spacial score (nSPS) is 12.6. The average Bonchev–Trinajstić information content (AvgIpc) is 2.15. The van der Waals surface area contributed by atoms with E-state index in [4.69, 9.17) is 5.21 Å². The van der Waals surface area contributed by atoms with E-state index in [1.807, 2.05) is 5.48 Å². The highest BCUT2D eigenvalue weighted by atomic mass is 32.2. The largest absolute Gasteiger partial charge is 0.316 e. The van der Waals surface area contributed by atoms with Crippen molar-refractivity contribution in [3.63, 3.8) is 0 Å². The van der Waals surface area contributed by atoms with Gasteiger partial charge in [0, 0.05) is 19.1 Å². The molecule has 2 N–H and O–H groups in total. The first-order chi connectivity index (χ1) is 7.66. The van der Waals surface area contributed by atoms with Crippen molar-refractivity contribution in [2.24, 2.45) is 0 Å². The van der Waals surface area contributed by atoms with Crippen molar-refractivity contribution in [3.05, 3.63) is 23.8 Å². The van der Waals surface area contributed by atoms with Crippen LogP contribution in [0.15, 0.2) is 28.0 Å². The number of hydrogen-bond acceptors (Lipinski definition) is 6. The van der Waals surface area contributed by atoms with E-state index in [9.17, 15) is 16.8 Å². The van der Waals surface area contributed by atoms with Crippen molar-refractivity contribution in [2.45, 2.75) is 16.3 Å². The molecule has 17 heavy (non-hydrogen) atoms. The molecule has 0 aliphatic heterocycles. The molecule has 1 aromatic rings. The zero-order valence-corrected chi connectivity index (χ0v) is 11.0. The molecule has 0 saturated carbocycles. The average molecular weight is 279 g/mol. The van der Waals surface area contributed by atoms with Crippen molar-refractivity contribution in [1.29, 1.82) is 0 Å². The van der Waals surface area contributed by atoms with Crippen LogP contribution in [0.25, 0.3) is 0 Å². The smallest absolute Gasteiger partial charge is 0.176 e. The van der Waals surface area contributed by atoms with Gasteiger partial charge in [0.1, 0.15) is 0 Å². The molecule has 0 aromatic heterocycles. The van der Waals surface area contributed by atoms with Gasteiger partial charge in [0.15, 0.2) is 19.7 Å². The number of sulfone groups is 2. The summed E-state index contributed by atoms with van der Waals surface area (Å²) in [6.45, 7) is 0.0343. The third-order valence-corrected chi connectivity index (χ3v) is 4.51. The summed E-state index contributed by atoms with van der Waals surface area (Å²) in [5.74, 6) is 0. The van der Waals surface area contributed by atoms with Gasteiger partial charge in [-0.2, -0.15) is 0 Å². The summed E-state index contributed by atoms with van der Waals surface area (Å²) in [5, 5.41) is 8.52. The third-order valence-electron chi connectivity index (χ3n) is 2.09. The third kappa shape index (κ3) is 3.50. The van der Waals surface area contributed by atoms with Crippen LogP contribution in [-0.2, 0) is 26.2 Å². The van der Waals surface area contributed by atoms with E-state index in [1.165, 1.54) is 18.2 Å². The molecule has 0 fully saturated rings. The molecule has 1 aromatic carbocycles. The van der Waals surface area contributed by atoms with Crippen LogP contribution in [0.5, 0.6) is 0 Å². The molecule has 0 bridgehead atoms. The highest BCUT2D eigenvalue weighted by Gasteiger charge is 2.20. The number of benzene rings is 1. The number of nitrogens with one attached hydrogen (secondary N) is 1. The van der Waals surface area contributed by atoms with Crippen molar-refractivity contribution >= 4 is 19.7 Å². The van der Waals surface area contributed by atoms with Crippen molar-refractivity contribution in [1.82, 2.24) is 5.48 Å². The fourth-order valence-electron chi connectivity index (χ4n) is 1.35. The maximum absolute atomic E-state index is 11.5. The predicted octanol–water partition coefficient (Wildman–Crippen LogP) is -0.0276. The molecule has 0 aliphatic rings. The van der Waals surface area contributed by atoms with Gasteiger partial charge in [-0.1, -0.05) is 6.07 Å². The van der Waals surface area contributed by atoms with Gasteiger partial charge in [-0.05, 0) is 17.7 Å². The van der Waals surface area contributed by atoms with Gasteiger partial charge in [0.05, 0.1) is 9.79 Å². The fraction of sp³-hybridized carbons (Fsp3) is 0.333. The molecule has 0 amide bonds. The Morgan fingerprint density at radius 1 is 1.06 bits per heavy atom. The van der Waals surface area contributed by atoms with Crippen LogP contribution in [-0.4, -0.2) is 34.6 Å². The van der Waals surface area contributed by atoms with Gasteiger partial charge in [0.25, 0.3) is 0 Å². The van der Waals surface area contributed by atoms with Crippen LogP contribution < -0.4 is 5.48 Å². The molecule has 8 heteroatoms. The molecular formula is C9H13NO5S2. The molecule has 0 heterocycles. The SMILES string of the molecule is CS(=O)(=O)c1ccc(CNO)cc1S(C)(=O)=O. The van der Waals surface area contributed by atoms with Crippen LogP contribution in [0, 0.1) is 0 Å². The van der Waals surface area contributed by atoms with Crippen molar-refractivity contribution in [2.75, 3.05) is 12.5 Å². The quantitative estimate of drug-likeness (QED) is 0.751. The Bertz CT molecular complexity index is 619. The maximum Gasteiger partial charge on any atom is 0.176 e. The standard InChI is InChI=1S/C9H13NO5S2/c1-16(12,13)8-4-3-7(6-10-11)5-9(8)17(2,14)15/h3-5,10-11H,6H2,1-2H3. The maximum atomic E-state index is 11.5. The lowest BCUT2D eigenvalue weighted by Crippen LogP contribution is -2.11. The predicted molar refractivity (Wildman–Crippen MR) is 61.3 cm³/mol. The summed E-state index contributed by atoms with van der Waals surface area (Å²) >= 11 is 0. The van der Waals surface area contributed by atoms with E-state index in [2.05, 4.69) is 0 Å². The summed E-state index contributed by atoms with van der Waals surface area (Å²) in [5.41, 5.74) is 2.35. The lowest BCUT2D eigenvalue weighted by molar-refractivity contribution is 0.161. The molecule has 6 nitrogen and oxygen atoms in total. The Labute approximate surface area is 100 Å². The minimum Gasteiger partial charge on any atom is -0.316 e. The monoisotopic (exact) mass is 279 g/mol. The fourth-order valence-corrected chi connectivity index (χ4v) is 3.80. The second-order valence-corrected chi connectivity index (χ2v) is 7.63. The molecule has 96 valence electrons. The van der Waals surface area contributed by atoms with Crippen molar-refractivity contribution in [3.8, 4) is 0 Å². The molecular weight excluding hydrogens is 266 g/mol. The summed E-state index contributed by atoms with van der Waals surface area (Å²) in [7, 11) is -7.26. The highest BCUT2D eigenvalue weighted by molar-refractivity contribution is 7.93. The summed E-state index contributed by atoms with van der Waals surface area (Å²) in [6.07, 6.45) is 1.88. The Kier molecular flexibility index (Phi) is 3.92. The second-order valence-electron chi connectivity index (χ2n) is 3.66. The highest BCUT2D eigenvalue weighted by Crippen LogP contribution is 2.22. The van der Waals surface area contributed by atoms with Crippen LogP contribution in [0.4, 0.5) is 0 Å². The molecule has 0 saturated heterocycles. The zero-order chi connectivity index (χ0) is 13.3. The van der Waals surface area contributed by atoms with Crippen LogP contribution >= 0.6 is 0 Å². The first-order valence-electron chi connectivity index (χ1n) is 4.56. The minimum absolute atomic E-state index is 0.0343. The van der Waals surface area contributed by atoms with Crippen LogP contribution in [0.2, 0.25) is 0 Å². The second kappa shape index (κ2) is 4.73. The van der Waals surface area contributed by atoms with Gasteiger partial charge >= 0.3 is 0 Å². The zero-order valence-electron chi connectivity index (χ0n) is 9.34. The molecule has 0 atom stereocenters. The lowest BCUT2D eigenvalue weighted by Gasteiger charge is -2.08. The van der Waals surface area contributed by atoms with Gasteiger partial charge in [0.2, 0.25) is 0 Å². The minimum atomic E-state index is -3.65. The number of hydrogen-bond donors (Lipinski definition) is 2. The molecule has 0 spiro atoms. The first-order valence-corrected chi connectivity index (χ1v) is 8.34. The van der Waals surface area contributed by atoms with Gasteiger partial charge in [-0.15, -0.1) is 0 Å². The Hall–Kier alpha value is -0.960.